The predicted molar refractivity (Wildman–Crippen MR) is 102 cm³/mol. The summed E-state index contributed by atoms with van der Waals surface area (Å²) < 4.78 is 0. The highest BCUT2D eigenvalue weighted by atomic mass is 32.2. The van der Waals surface area contributed by atoms with Crippen LogP contribution in [0.25, 0.3) is 16.7 Å². The minimum Gasteiger partial charge on any atom is -0.0888 e. The number of hydrogen-bond acceptors (Lipinski definition) is 1. The number of hydrogen-bond donors (Lipinski definition) is 0. The van der Waals surface area contributed by atoms with Gasteiger partial charge in [-0.3, -0.25) is 0 Å². The van der Waals surface area contributed by atoms with Gasteiger partial charge in [0, 0.05) is 15.4 Å². The first-order valence-corrected chi connectivity index (χ1v) is 9.39. The number of benzene rings is 3. The van der Waals surface area contributed by atoms with Gasteiger partial charge in [0.25, 0.3) is 0 Å². The summed E-state index contributed by atoms with van der Waals surface area (Å²) in [5.41, 5.74) is 10.1. The van der Waals surface area contributed by atoms with E-state index in [1.165, 1.54) is 43.2 Å². The zero-order valence-corrected chi connectivity index (χ0v) is 14.5. The summed E-state index contributed by atoms with van der Waals surface area (Å²) in [6.45, 7) is 2.29. The predicted octanol–water partition coefficient (Wildman–Crippen LogP) is 6.59. The van der Waals surface area contributed by atoms with E-state index >= 15 is 0 Å². The summed E-state index contributed by atoms with van der Waals surface area (Å²) in [4.78, 5) is 2.78. The quantitative estimate of drug-likeness (QED) is 0.380. The Labute approximate surface area is 147 Å². The minimum absolute atomic E-state index is 1.05. The van der Waals surface area contributed by atoms with Crippen molar-refractivity contribution in [3.8, 4) is 11.1 Å². The van der Waals surface area contributed by atoms with Crippen molar-refractivity contribution in [2.24, 2.45) is 0 Å². The lowest BCUT2D eigenvalue weighted by molar-refractivity contribution is 1.01. The normalized spacial score (nSPS) is 14.5. The summed E-state index contributed by atoms with van der Waals surface area (Å²) in [7, 11) is 0. The monoisotopic (exact) mass is 326 g/mol. The highest BCUT2D eigenvalue weighted by Crippen LogP contribution is 2.52. The molecule has 116 valence electrons. The van der Waals surface area contributed by atoms with Crippen molar-refractivity contribution in [1.29, 1.82) is 0 Å². The van der Waals surface area contributed by atoms with Gasteiger partial charge in [0.1, 0.15) is 0 Å². The molecule has 0 saturated heterocycles. The maximum absolute atomic E-state index is 2.30. The van der Waals surface area contributed by atoms with Crippen molar-refractivity contribution in [3.05, 3.63) is 89.0 Å². The van der Waals surface area contributed by atoms with Crippen molar-refractivity contribution in [3.63, 3.8) is 0 Å². The van der Waals surface area contributed by atoms with Crippen LogP contribution in [-0.4, -0.2) is 0 Å². The third-order valence-electron chi connectivity index (χ3n) is 5.14. The van der Waals surface area contributed by atoms with Crippen molar-refractivity contribution in [2.75, 3.05) is 0 Å². The summed E-state index contributed by atoms with van der Waals surface area (Å²) in [6, 6.07) is 24.6. The molecule has 1 heteroatoms. The maximum Gasteiger partial charge on any atom is 0.0207 e. The Balaban J connectivity index is 1.93. The third kappa shape index (κ3) is 1.94. The molecular weight excluding hydrogens is 308 g/mol. The Morgan fingerprint density at radius 3 is 2.33 bits per heavy atom. The van der Waals surface area contributed by atoms with Crippen molar-refractivity contribution < 1.29 is 0 Å². The molecule has 0 radical (unpaired) electrons. The van der Waals surface area contributed by atoms with E-state index in [4.69, 9.17) is 0 Å². The van der Waals surface area contributed by atoms with Crippen LogP contribution in [0.1, 0.15) is 30.0 Å². The highest BCUT2D eigenvalue weighted by molar-refractivity contribution is 7.99. The van der Waals surface area contributed by atoms with E-state index in [1.807, 2.05) is 11.8 Å². The Morgan fingerprint density at radius 1 is 0.750 bits per heavy atom. The SMILES string of the molecule is CCC1=C2c3ccccc3Sc3cccc(c32)-c2ccccc2C1. The van der Waals surface area contributed by atoms with Crippen LogP contribution in [0.2, 0.25) is 0 Å². The molecular formula is C23H18S. The van der Waals surface area contributed by atoms with Crippen LogP contribution in [-0.2, 0) is 6.42 Å². The van der Waals surface area contributed by atoms with Crippen LogP contribution in [0.15, 0.2) is 82.1 Å². The average molecular weight is 326 g/mol. The fraction of sp³-hybridized carbons (Fsp3) is 0.130. The van der Waals surface area contributed by atoms with Gasteiger partial charge in [-0.2, -0.15) is 0 Å². The Bertz CT molecular complexity index is 994. The standard InChI is InChI=1S/C23H18S/c1-2-15-14-16-8-3-4-9-17(16)18-11-7-13-21-23(18)22(15)19-10-5-6-12-20(19)24-21/h3-13H,2,14H2,1H3. The van der Waals surface area contributed by atoms with Crippen molar-refractivity contribution >= 4 is 17.3 Å². The van der Waals surface area contributed by atoms with Gasteiger partial charge in [0.05, 0.1) is 0 Å². The largest absolute Gasteiger partial charge is 0.0888 e. The van der Waals surface area contributed by atoms with Gasteiger partial charge in [-0.05, 0) is 52.8 Å². The zero-order chi connectivity index (χ0) is 16.1. The second-order valence-electron chi connectivity index (χ2n) is 6.44. The van der Waals surface area contributed by atoms with Gasteiger partial charge in [-0.1, -0.05) is 78.9 Å². The molecule has 1 aliphatic heterocycles. The Hall–Kier alpha value is -2.25. The van der Waals surface area contributed by atoms with Crippen LogP contribution in [0.4, 0.5) is 0 Å². The molecule has 0 N–H and O–H groups in total. The molecule has 3 aromatic rings. The average Bonchev–Trinajstić information content (AvgIpc) is 2.78. The van der Waals surface area contributed by atoms with Crippen LogP contribution >= 0.6 is 11.8 Å². The first kappa shape index (κ1) is 14.1. The van der Waals surface area contributed by atoms with Crippen molar-refractivity contribution in [2.45, 2.75) is 29.6 Å². The number of allylic oxidation sites excluding steroid dienone is 1. The smallest absolute Gasteiger partial charge is 0.0207 e. The van der Waals surface area contributed by atoms with Gasteiger partial charge in [0.15, 0.2) is 0 Å². The third-order valence-corrected chi connectivity index (χ3v) is 6.28. The molecule has 1 heterocycles. The molecule has 0 bridgehead atoms. The first-order valence-electron chi connectivity index (χ1n) is 8.57. The Kier molecular flexibility index (Phi) is 3.17. The molecule has 24 heavy (non-hydrogen) atoms. The molecule has 1 aliphatic carbocycles. The number of rotatable bonds is 1. The molecule has 0 spiro atoms. The van der Waals surface area contributed by atoms with Crippen LogP contribution < -0.4 is 0 Å². The summed E-state index contributed by atoms with van der Waals surface area (Å²) in [5, 5.41) is 0. The summed E-state index contributed by atoms with van der Waals surface area (Å²) in [5.74, 6) is 0. The van der Waals surface area contributed by atoms with E-state index in [0.717, 1.165) is 12.8 Å². The lowest BCUT2D eigenvalue weighted by atomic mass is 9.88. The topological polar surface area (TPSA) is 0 Å². The first-order chi connectivity index (χ1) is 11.9. The van der Waals surface area contributed by atoms with Gasteiger partial charge < -0.3 is 0 Å². The van der Waals surface area contributed by atoms with E-state index in [9.17, 15) is 0 Å². The highest BCUT2D eigenvalue weighted by Gasteiger charge is 2.28. The van der Waals surface area contributed by atoms with E-state index in [2.05, 4.69) is 73.7 Å². The van der Waals surface area contributed by atoms with E-state index < -0.39 is 0 Å². The molecule has 3 aromatic carbocycles. The maximum atomic E-state index is 2.30. The molecule has 0 saturated carbocycles. The van der Waals surface area contributed by atoms with Crippen LogP contribution in [0.5, 0.6) is 0 Å². The fourth-order valence-electron chi connectivity index (χ4n) is 4.04. The fourth-order valence-corrected chi connectivity index (χ4v) is 5.16. The molecule has 0 aromatic heterocycles. The summed E-state index contributed by atoms with van der Waals surface area (Å²) in [6.07, 6.45) is 2.14. The second kappa shape index (κ2) is 5.39. The van der Waals surface area contributed by atoms with Gasteiger partial charge in [0.2, 0.25) is 0 Å². The summed E-state index contributed by atoms with van der Waals surface area (Å²) >= 11 is 1.91. The Morgan fingerprint density at radius 2 is 1.46 bits per heavy atom. The molecule has 0 atom stereocenters. The van der Waals surface area contributed by atoms with Gasteiger partial charge in [-0.15, -0.1) is 0 Å². The number of fused-ring (bicyclic) bond motifs is 4. The molecule has 0 unspecified atom stereocenters. The zero-order valence-electron chi connectivity index (χ0n) is 13.7. The second-order valence-corrected chi connectivity index (χ2v) is 7.53. The van der Waals surface area contributed by atoms with Gasteiger partial charge in [-0.25, -0.2) is 0 Å². The van der Waals surface area contributed by atoms with E-state index in [-0.39, 0.29) is 0 Å². The molecule has 5 rings (SSSR count). The van der Waals surface area contributed by atoms with E-state index in [1.54, 1.807) is 5.57 Å². The van der Waals surface area contributed by atoms with Gasteiger partial charge >= 0.3 is 0 Å². The molecule has 2 aliphatic rings. The molecule has 0 nitrogen and oxygen atoms in total. The van der Waals surface area contributed by atoms with Crippen LogP contribution in [0, 0.1) is 0 Å². The van der Waals surface area contributed by atoms with Crippen molar-refractivity contribution in [1.82, 2.24) is 0 Å². The lowest BCUT2D eigenvalue weighted by Crippen LogP contribution is -2.03. The van der Waals surface area contributed by atoms with Crippen LogP contribution in [0.3, 0.4) is 0 Å². The lowest BCUT2D eigenvalue weighted by Gasteiger charge is -2.25. The molecule has 0 amide bonds. The molecule has 0 fully saturated rings. The van der Waals surface area contributed by atoms with E-state index in [0.29, 0.717) is 0 Å². The minimum atomic E-state index is 1.05.